The highest BCUT2D eigenvalue weighted by atomic mass is 16.5. The fourth-order valence-electron chi connectivity index (χ4n) is 2.95. The maximum absolute atomic E-state index is 9.94. The molecule has 3 nitrogen and oxygen atoms in total. The first kappa shape index (κ1) is 13.9. The second-order valence-corrected chi connectivity index (χ2v) is 6.27. The van der Waals surface area contributed by atoms with Gasteiger partial charge >= 0.3 is 0 Å². The van der Waals surface area contributed by atoms with E-state index in [-0.39, 0.29) is 0 Å². The molecule has 0 radical (unpaired) electrons. The van der Waals surface area contributed by atoms with Gasteiger partial charge in [0.1, 0.15) is 18.5 Å². The van der Waals surface area contributed by atoms with E-state index >= 15 is 0 Å². The quantitative estimate of drug-likeness (QED) is 0.727. The third kappa shape index (κ3) is 4.22. The second kappa shape index (κ2) is 6.59. The van der Waals surface area contributed by atoms with Crippen LogP contribution in [-0.4, -0.2) is 30.9 Å². The van der Waals surface area contributed by atoms with E-state index in [9.17, 15) is 5.11 Å². The van der Waals surface area contributed by atoms with Crippen LogP contribution in [0.3, 0.4) is 0 Å². The minimum atomic E-state index is -0.436. The van der Waals surface area contributed by atoms with Crippen LogP contribution in [0.2, 0.25) is 0 Å². The lowest BCUT2D eigenvalue weighted by Crippen LogP contribution is -2.35. The Hall–Kier alpha value is -1.06. The van der Waals surface area contributed by atoms with Crippen molar-refractivity contribution in [3.63, 3.8) is 0 Å². The molecule has 1 atom stereocenters. The Morgan fingerprint density at radius 2 is 1.70 bits per heavy atom. The zero-order chi connectivity index (χ0) is 13.8. The molecule has 0 aliphatic heterocycles. The molecule has 2 fully saturated rings. The highest BCUT2D eigenvalue weighted by molar-refractivity contribution is 5.20. The van der Waals surface area contributed by atoms with E-state index in [1.807, 2.05) is 30.3 Å². The van der Waals surface area contributed by atoms with E-state index in [1.165, 1.54) is 25.7 Å². The average molecular weight is 275 g/mol. The van der Waals surface area contributed by atoms with Crippen LogP contribution in [-0.2, 0) is 0 Å². The SMILES string of the molecule is OC(CNCC(C1CC1)C1CC1)COc1ccccc1. The molecule has 2 aliphatic carbocycles. The summed E-state index contributed by atoms with van der Waals surface area (Å²) < 4.78 is 5.55. The zero-order valence-electron chi connectivity index (χ0n) is 12.0. The molecule has 2 aliphatic rings. The molecule has 3 rings (SSSR count). The molecule has 0 heterocycles. The molecule has 0 spiro atoms. The minimum Gasteiger partial charge on any atom is -0.491 e. The smallest absolute Gasteiger partial charge is 0.119 e. The minimum absolute atomic E-state index is 0.356. The summed E-state index contributed by atoms with van der Waals surface area (Å²) in [5, 5.41) is 13.4. The summed E-state index contributed by atoms with van der Waals surface area (Å²) in [4.78, 5) is 0. The molecular formula is C17H25NO2. The third-order valence-electron chi connectivity index (χ3n) is 4.40. The number of nitrogens with one attached hydrogen (secondary N) is 1. The molecule has 110 valence electrons. The van der Waals surface area contributed by atoms with Crippen molar-refractivity contribution in [2.75, 3.05) is 19.7 Å². The van der Waals surface area contributed by atoms with E-state index in [2.05, 4.69) is 5.32 Å². The first-order valence-electron chi connectivity index (χ1n) is 7.89. The normalized spacial score (nSPS) is 20.1. The van der Waals surface area contributed by atoms with Crippen LogP contribution in [0.15, 0.2) is 30.3 Å². The van der Waals surface area contributed by atoms with Gasteiger partial charge in [0.15, 0.2) is 0 Å². The molecule has 0 bridgehead atoms. The van der Waals surface area contributed by atoms with Crippen LogP contribution in [0.25, 0.3) is 0 Å². The molecule has 1 unspecified atom stereocenters. The van der Waals surface area contributed by atoms with E-state index in [0.717, 1.165) is 30.0 Å². The van der Waals surface area contributed by atoms with Gasteiger partial charge in [-0.3, -0.25) is 0 Å². The summed E-state index contributed by atoms with van der Waals surface area (Å²) in [5.74, 6) is 3.61. The molecule has 0 aromatic heterocycles. The lowest BCUT2D eigenvalue weighted by Gasteiger charge is -2.18. The number of aliphatic hydroxyl groups is 1. The second-order valence-electron chi connectivity index (χ2n) is 6.27. The van der Waals surface area contributed by atoms with Crippen LogP contribution in [0, 0.1) is 17.8 Å². The number of hydrogen-bond acceptors (Lipinski definition) is 3. The largest absolute Gasteiger partial charge is 0.491 e. The van der Waals surface area contributed by atoms with E-state index in [1.54, 1.807) is 0 Å². The summed E-state index contributed by atoms with van der Waals surface area (Å²) in [5.41, 5.74) is 0. The standard InChI is InChI=1S/C17H25NO2/c19-15(12-20-16-4-2-1-3-5-16)10-18-11-17(13-6-7-13)14-8-9-14/h1-5,13-15,17-19H,6-12H2. The Balaban J connectivity index is 1.31. The van der Waals surface area contributed by atoms with Gasteiger partial charge in [-0.1, -0.05) is 18.2 Å². The van der Waals surface area contributed by atoms with E-state index in [4.69, 9.17) is 4.74 Å². The molecule has 0 saturated heterocycles. The predicted molar refractivity (Wildman–Crippen MR) is 79.8 cm³/mol. The van der Waals surface area contributed by atoms with Crippen molar-refractivity contribution in [3.8, 4) is 5.75 Å². The van der Waals surface area contributed by atoms with Crippen molar-refractivity contribution in [1.82, 2.24) is 5.32 Å². The predicted octanol–water partition coefficient (Wildman–Crippen LogP) is 2.45. The van der Waals surface area contributed by atoms with Gasteiger partial charge in [-0.2, -0.15) is 0 Å². The molecule has 2 N–H and O–H groups in total. The highest BCUT2D eigenvalue weighted by Crippen LogP contribution is 2.48. The third-order valence-corrected chi connectivity index (χ3v) is 4.40. The van der Waals surface area contributed by atoms with Crippen LogP contribution in [0.5, 0.6) is 5.75 Å². The summed E-state index contributed by atoms with van der Waals surface area (Å²) in [6, 6.07) is 9.67. The number of aliphatic hydroxyl groups excluding tert-OH is 1. The van der Waals surface area contributed by atoms with Crippen molar-refractivity contribution in [3.05, 3.63) is 30.3 Å². The van der Waals surface area contributed by atoms with Crippen LogP contribution < -0.4 is 10.1 Å². The summed E-state index contributed by atoms with van der Waals surface area (Å²) in [6.45, 7) is 2.05. The van der Waals surface area contributed by atoms with Gasteiger partial charge in [0.05, 0.1) is 0 Å². The van der Waals surface area contributed by atoms with Gasteiger partial charge in [0, 0.05) is 6.54 Å². The van der Waals surface area contributed by atoms with E-state index < -0.39 is 6.10 Å². The number of ether oxygens (including phenoxy) is 1. The molecule has 2 saturated carbocycles. The van der Waals surface area contributed by atoms with Crippen LogP contribution in [0.4, 0.5) is 0 Å². The Morgan fingerprint density at radius 1 is 1.05 bits per heavy atom. The van der Waals surface area contributed by atoms with Gasteiger partial charge in [-0.15, -0.1) is 0 Å². The Labute approximate surface area is 121 Å². The fourth-order valence-corrected chi connectivity index (χ4v) is 2.95. The summed E-state index contributed by atoms with van der Waals surface area (Å²) in [6.07, 6.45) is 5.24. The zero-order valence-corrected chi connectivity index (χ0v) is 12.0. The number of rotatable bonds is 9. The maximum atomic E-state index is 9.94. The lowest BCUT2D eigenvalue weighted by atomic mass is 9.98. The van der Waals surface area contributed by atoms with Gasteiger partial charge < -0.3 is 15.2 Å². The van der Waals surface area contributed by atoms with Gasteiger partial charge in [0.25, 0.3) is 0 Å². The van der Waals surface area contributed by atoms with Crippen molar-refractivity contribution >= 4 is 0 Å². The first-order valence-corrected chi connectivity index (χ1v) is 7.89. The van der Waals surface area contributed by atoms with Crippen molar-refractivity contribution in [2.45, 2.75) is 31.8 Å². The molecule has 1 aromatic carbocycles. The molecule has 0 amide bonds. The summed E-state index contributed by atoms with van der Waals surface area (Å²) in [7, 11) is 0. The van der Waals surface area contributed by atoms with Gasteiger partial charge in [-0.05, 0) is 62.1 Å². The molecule has 3 heteroatoms. The summed E-state index contributed by atoms with van der Waals surface area (Å²) >= 11 is 0. The number of hydrogen-bond donors (Lipinski definition) is 2. The van der Waals surface area contributed by atoms with Crippen LogP contribution >= 0.6 is 0 Å². The van der Waals surface area contributed by atoms with E-state index in [0.29, 0.717) is 13.2 Å². The number of benzene rings is 1. The van der Waals surface area contributed by atoms with Crippen molar-refractivity contribution in [2.24, 2.45) is 17.8 Å². The van der Waals surface area contributed by atoms with Gasteiger partial charge in [-0.25, -0.2) is 0 Å². The van der Waals surface area contributed by atoms with Gasteiger partial charge in [0.2, 0.25) is 0 Å². The molecule has 20 heavy (non-hydrogen) atoms. The Bertz CT molecular complexity index is 389. The topological polar surface area (TPSA) is 41.5 Å². The maximum Gasteiger partial charge on any atom is 0.119 e. The fraction of sp³-hybridized carbons (Fsp3) is 0.647. The Kier molecular flexibility index (Phi) is 4.58. The van der Waals surface area contributed by atoms with Crippen LogP contribution in [0.1, 0.15) is 25.7 Å². The number of para-hydroxylation sites is 1. The highest BCUT2D eigenvalue weighted by Gasteiger charge is 2.40. The Morgan fingerprint density at radius 3 is 2.30 bits per heavy atom. The monoisotopic (exact) mass is 275 g/mol. The molecule has 1 aromatic rings. The van der Waals surface area contributed by atoms with Crippen molar-refractivity contribution in [1.29, 1.82) is 0 Å². The first-order chi connectivity index (χ1) is 9.83. The lowest BCUT2D eigenvalue weighted by molar-refractivity contribution is 0.105. The van der Waals surface area contributed by atoms with Crippen molar-refractivity contribution < 1.29 is 9.84 Å². The molecular weight excluding hydrogens is 250 g/mol. The average Bonchev–Trinajstić information content (AvgIpc) is 3.36.